The molecular formula is C11H13Br2N3. The van der Waals surface area contributed by atoms with E-state index in [0.717, 1.165) is 34.5 Å². The third-order valence-corrected chi connectivity index (χ3v) is 3.77. The van der Waals surface area contributed by atoms with Crippen LogP contribution in [0.2, 0.25) is 0 Å². The molecule has 0 bridgehead atoms. The number of nitrogens with zero attached hydrogens (tertiary/aromatic N) is 2. The Hall–Kier alpha value is -0.550. The minimum absolute atomic E-state index is 0.781. The van der Waals surface area contributed by atoms with Crippen molar-refractivity contribution in [2.45, 2.75) is 6.54 Å². The molecule has 0 aromatic heterocycles. The molecule has 0 radical (unpaired) electrons. The summed E-state index contributed by atoms with van der Waals surface area (Å²) in [6.07, 6.45) is 0. The SMILES string of the molecule is CN1CCN=C1NCc1cc(Br)ccc1Br. The van der Waals surface area contributed by atoms with E-state index in [1.54, 1.807) is 0 Å². The van der Waals surface area contributed by atoms with E-state index in [1.165, 1.54) is 5.56 Å². The molecule has 0 saturated heterocycles. The summed E-state index contributed by atoms with van der Waals surface area (Å²) in [5.41, 5.74) is 1.22. The van der Waals surface area contributed by atoms with Gasteiger partial charge < -0.3 is 10.2 Å². The molecule has 0 aliphatic carbocycles. The Labute approximate surface area is 112 Å². The molecule has 5 heteroatoms. The van der Waals surface area contributed by atoms with Crippen LogP contribution in [-0.4, -0.2) is 31.0 Å². The van der Waals surface area contributed by atoms with Gasteiger partial charge in [-0.3, -0.25) is 4.99 Å². The fourth-order valence-corrected chi connectivity index (χ4v) is 2.37. The molecule has 3 nitrogen and oxygen atoms in total. The zero-order chi connectivity index (χ0) is 11.5. The summed E-state index contributed by atoms with van der Waals surface area (Å²) in [5, 5.41) is 3.34. The van der Waals surface area contributed by atoms with Crippen LogP contribution in [0.1, 0.15) is 5.56 Å². The third-order valence-electron chi connectivity index (χ3n) is 2.50. The van der Waals surface area contributed by atoms with Gasteiger partial charge in [-0.05, 0) is 23.8 Å². The van der Waals surface area contributed by atoms with Crippen molar-refractivity contribution in [2.24, 2.45) is 4.99 Å². The van der Waals surface area contributed by atoms with E-state index in [4.69, 9.17) is 0 Å². The molecule has 1 N–H and O–H groups in total. The lowest BCUT2D eigenvalue weighted by molar-refractivity contribution is 0.534. The third kappa shape index (κ3) is 2.77. The summed E-state index contributed by atoms with van der Waals surface area (Å²) in [4.78, 5) is 6.52. The molecule has 2 rings (SSSR count). The molecule has 0 atom stereocenters. The highest BCUT2D eigenvalue weighted by atomic mass is 79.9. The van der Waals surface area contributed by atoms with E-state index in [-0.39, 0.29) is 0 Å². The number of benzene rings is 1. The summed E-state index contributed by atoms with van der Waals surface area (Å²) in [6, 6.07) is 6.17. The van der Waals surface area contributed by atoms with Crippen molar-refractivity contribution in [3.63, 3.8) is 0 Å². The molecule has 1 aliphatic heterocycles. The second kappa shape index (κ2) is 5.19. The van der Waals surface area contributed by atoms with Crippen LogP contribution in [0.15, 0.2) is 32.1 Å². The Morgan fingerprint density at radius 1 is 1.44 bits per heavy atom. The molecule has 0 spiro atoms. The van der Waals surface area contributed by atoms with Gasteiger partial charge in [0.05, 0.1) is 6.54 Å². The maximum Gasteiger partial charge on any atom is 0.194 e. The van der Waals surface area contributed by atoms with E-state index in [0.29, 0.717) is 0 Å². The highest BCUT2D eigenvalue weighted by molar-refractivity contribution is 9.11. The van der Waals surface area contributed by atoms with E-state index in [1.807, 2.05) is 12.1 Å². The molecule has 1 aromatic carbocycles. The molecule has 1 aliphatic rings. The van der Waals surface area contributed by atoms with Gasteiger partial charge in [-0.15, -0.1) is 0 Å². The molecule has 86 valence electrons. The summed E-state index contributed by atoms with van der Waals surface area (Å²) < 4.78 is 2.21. The van der Waals surface area contributed by atoms with E-state index in [9.17, 15) is 0 Å². The second-order valence-corrected chi connectivity index (χ2v) is 5.49. The fraction of sp³-hybridized carbons (Fsp3) is 0.364. The first-order valence-electron chi connectivity index (χ1n) is 5.10. The van der Waals surface area contributed by atoms with E-state index >= 15 is 0 Å². The lowest BCUT2D eigenvalue weighted by Gasteiger charge is -2.15. The van der Waals surface area contributed by atoms with Gasteiger partial charge in [-0.2, -0.15) is 0 Å². The zero-order valence-corrected chi connectivity index (χ0v) is 12.2. The van der Waals surface area contributed by atoms with Gasteiger partial charge in [0, 0.05) is 29.1 Å². The Kier molecular flexibility index (Phi) is 3.86. The van der Waals surface area contributed by atoms with Crippen molar-refractivity contribution in [2.75, 3.05) is 20.1 Å². The van der Waals surface area contributed by atoms with E-state index in [2.05, 4.69) is 60.2 Å². The molecule has 0 unspecified atom stereocenters. The number of rotatable bonds is 2. The van der Waals surface area contributed by atoms with Gasteiger partial charge in [0.15, 0.2) is 5.96 Å². The largest absolute Gasteiger partial charge is 0.352 e. The van der Waals surface area contributed by atoms with Crippen LogP contribution < -0.4 is 5.32 Å². The number of guanidine groups is 1. The standard InChI is InChI=1S/C11H13Br2N3/c1-16-5-4-14-11(16)15-7-8-6-9(12)2-3-10(8)13/h2-3,6H,4-5,7H2,1H3,(H,14,15). The average Bonchev–Trinajstić information content (AvgIpc) is 2.66. The van der Waals surface area contributed by atoms with Crippen LogP contribution >= 0.6 is 31.9 Å². The highest BCUT2D eigenvalue weighted by Gasteiger charge is 2.11. The minimum Gasteiger partial charge on any atom is -0.352 e. The molecule has 16 heavy (non-hydrogen) atoms. The molecule has 0 amide bonds. The van der Waals surface area contributed by atoms with Crippen LogP contribution in [0, 0.1) is 0 Å². The minimum atomic E-state index is 0.781. The first-order chi connectivity index (χ1) is 7.66. The molecular weight excluding hydrogens is 334 g/mol. The van der Waals surface area contributed by atoms with Crippen molar-refractivity contribution in [3.8, 4) is 0 Å². The predicted molar refractivity (Wildman–Crippen MR) is 73.6 cm³/mol. The quantitative estimate of drug-likeness (QED) is 0.891. The lowest BCUT2D eigenvalue weighted by Crippen LogP contribution is -2.35. The maximum atomic E-state index is 4.39. The molecule has 1 aromatic rings. The number of aliphatic imine (C=N–C) groups is 1. The summed E-state index contributed by atoms with van der Waals surface area (Å²) in [6.45, 7) is 2.67. The van der Waals surface area contributed by atoms with Crippen molar-refractivity contribution < 1.29 is 0 Å². The van der Waals surface area contributed by atoms with Gasteiger partial charge in [-0.25, -0.2) is 0 Å². The highest BCUT2D eigenvalue weighted by Crippen LogP contribution is 2.21. The van der Waals surface area contributed by atoms with Gasteiger partial charge in [0.2, 0.25) is 0 Å². The first kappa shape index (κ1) is 11.9. The fourth-order valence-electron chi connectivity index (χ4n) is 1.58. The van der Waals surface area contributed by atoms with Gasteiger partial charge >= 0.3 is 0 Å². The van der Waals surface area contributed by atoms with Crippen molar-refractivity contribution >= 4 is 37.8 Å². The summed E-state index contributed by atoms with van der Waals surface area (Å²) in [5.74, 6) is 0.979. The van der Waals surface area contributed by atoms with Crippen molar-refractivity contribution in [1.29, 1.82) is 0 Å². The van der Waals surface area contributed by atoms with Crippen molar-refractivity contribution in [1.82, 2.24) is 10.2 Å². The number of hydrogen-bond donors (Lipinski definition) is 1. The molecule has 0 fully saturated rings. The maximum absolute atomic E-state index is 4.39. The number of hydrogen-bond acceptors (Lipinski definition) is 3. The van der Waals surface area contributed by atoms with Gasteiger partial charge in [0.25, 0.3) is 0 Å². The predicted octanol–water partition coefficient (Wildman–Crippen LogP) is 2.60. The monoisotopic (exact) mass is 345 g/mol. The Morgan fingerprint density at radius 3 is 2.94 bits per heavy atom. The molecule has 1 heterocycles. The second-order valence-electron chi connectivity index (χ2n) is 3.72. The average molecular weight is 347 g/mol. The van der Waals surface area contributed by atoms with Gasteiger partial charge in [0.1, 0.15) is 0 Å². The van der Waals surface area contributed by atoms with Crippen LogP contribution in [-0.2, 0) is 6.54 Å². The topological polar surface area (TPSA) is 27.6 Å². The van der Waals surface area contributed by atoms with Crippen molar-refractivity contribution in [3.05, 3.63) is 32.7 Å². The number of nitrogens with one attached hydrogen (secondary N) is 1. The summed E-state index contributed by atoms with van der Waals surface area (Å²) in [7, 11) is 2.05. The number of likely N-dealkylation sites (N-methyl/N-ethyl adjacent to an activating group) is 1. The van der Waals surface area contributed by atoms with Crippen LogP contribution in [0.5, 0.6) is 0 Å². The number of halogens is 2. The molecule has 0 saturated carbocycles. The summed E-state index contributed by atoms with van der Waals surface area (Å²) >= 11 is 7.01. The Bertz CT molecular complexity index is 418. The normalized spacial score (nSPS) is 15.2. The Morgan fingerprint density at radius 2 is 2.25 bits per heavy atom. The van der Waals surface area contributed by atoms with Crippen LogP contribution in [0.3, 0.4) is 0 Å². The smallest absolute Gasteiger partial charge is 0.194 e. The zero-order valence-electron chi connectivity index (χ0n) is 9.00. The Balaban J connectivity index is 2.02. The van der Waals surface area contributed by atoms with E-state index < -0.39 is 0 Å². The first-order valence-corrected chi connectivity index (χ1v) is 6.69. The van der Waals surface area contributed by atoms with Crippen LogP contribution in [0.25, 0.3) is 0 Å². The lowest BCUT2D eigenvalue weighted by atomic mass is 10.2. The van der Waals surface area contributed by atoms with Crippen LogP contribution in [0.4, 0.5) is 0 Å². The van der Waals surface area contributed by atoms with Gasteiger partial charge in [-0.1, -0.05) is 31.9 Å².